The van der Waals surface area contributed by atoms with Crippen molar-refractivity contribution >= 4 is 27.6 Å². The zero-order chi connectivity index (χ0) is 40.0. The first-order valence-corrected chi connectivity index (χ1v) is 18.8. The minimum absolute atomic E-state index is 0. The lowest BCUT2D eigenvalue weighted by atomic mass is 10.1. The normalized spacial score (nSPS) is 17.3. The van der Waals surface area contributed by atoms with Gasteiger partial charge in [-0.3, -0.25) is 32.7 Å². The van der Waals surface area contributed by atoms with Gasteiger partial charge >= 0.3 is 39.5 Å². The standard InChI is InChI=1S/C34H31F3N2O14P2.H3N/c1-21-17-39(33(43)38-31(21)41)30-16-15-29(51-30)20-47-54(44,45)53-55(46,48-18-23-3-11-27(12-4-23)50-22(2)40)49-19-24-5-13-28(14-6-24)52-32(42)25-7-9-26(10-8-25)34(35,36)37;/h3-17,29-30H,18-20H2,1-2H3,(H,44,45)(H,38,41,43);1H3/t29-,30+,55?;/m0./s1. The largest absolute Gasteiger partial charge is 0.484 e. The number of aromatic amines is 1. The predicted octanol–water partition coefficient (Wildman–Crippen LogP) is 6.30. The number of carbonyl (C=O) groups excluding carboxylic acids is 2. The molecule has 1 aliphatic heterocycles. The lowest BCUT2D eigenvalue weighted by molar-refractivity contribution is -0.137. The summed E-state index contributed by atoms with van der Waals surface area (Å²) >= 11 is 0. The number of nitrogens with one attached hydrogen (secondary N) is 1. The lowest BCUT2D eigenvalue weighted by Gasteiger charge is -2.22. The molecule has 22 heteroatoms. The van der Waals surface area contributed by atoms with Gasteiger partial charge in [0.25, 0.3) is 5.56 Å². The van der Waals surface area contributed by atoms with Gasteiger partial charge in [-0.15, -0.1) is 0 Å². The van der Waals surface area contributed by atoms with Crippen LogP contribution in [0.3, 0.4) is 0 Å². The van der Waals surface area contributed by atoms with Crippen molar-refractivity contribution in [1.29, 1.82) is 0 Å². The number of carbonyl (C=O) groups is 2. The van der Waals surface area contributed by atoms with Crippen LogP contribution in [-0.2, 0) is 55.9 Å². The van der Waals surface area contributed by atoms with Gasteiger partial charge in [0, 0.05) is 18.7 Å². The number of hydrogen-bond donors (Lipinski definition) is 3. The van der Waals surface area contributed by atoms with Crippen molar-refractivity contribution in [3.8, 4) is 11.5 Å². The van der Waals surface area contributed by atoms with Crippen LogP contribution in [0.5, 0.6) is 11.5 Å². The number of phosphoric acid groups is 2. The van der Waals surface area contributed by atoms with Crippen molar-refractivity contribution in [3.05, 3.63) is 140 Å². The first-order chi connectivity index (χ1) is 25.9. The highest BCUT2D eigenvalue weighted by molar-refractivity contribution is 7.61. The molecule has 2 heterocycles. The minimum atomic E-state index is -5.23. The molecule has 17 nitrogen and oxygen atoms in total. The molecule has 56 heavy (non-hydrogen) atoms. The molecule has 0 aliphatic carbocycles. The molecule has 0 fully saturated rings. The maximum atomic E-state index is 13.8. The summed E-state index contributed by atoms with van der Waals surface area (Å²) in [6, 6.07) is 14.5. The Morgan fingerprint density at radius 1 is 0.857 bits per heavy atom. The Morgan fingerprint density at radius 3 is 1.95 bits per heavy atom. The van der Waals surface area contributed by atoms with E-state index in [4.69, 9.17) is 32.1 Å². The number of rotatable bonds is 15. The summed E-state index contributed by atoms with van der Waals surface area (Å²) in [6.45, 7) is 1.04. The summed E-state index contributed by atoms with van der Waals surface area (Å²) < 4.78 is 103. The summed E-state index contributed by atoms with van der Waals surface area (Å²) in [4.78, 5) is 60.3. The molecule has 0 saturated carbocycles. The second-order valence-corrected chi connectivity index (χ2v) is 14.9. The molecular weight excluding hydrogens is 793 g/mol. The Morgan fingerprint density at radius 2 is 1.41 bits per heavy atom. The average Bonchev–Trinajstić information content (AvgIpc) is 3.60. The van der Waals surface area contributed by atoms with Crippen LogP contribution in [0.15, 0.2) is 101 Å². The van der Waals surface area contributed by atoms with Crippen molar-refractivity contribution in [2.45, 2.75) is 45.6 Å². The van der Waals surface area contributed by atoms with Crippen LogP contribution in [0.1, 0.15) is 45.8 Å². The van der Waals surface area contributed by atoms with E-state index in [2.05, 4.69) is 4.98 Å². The van der Waals surface area contributed by atoms with Crippen molar-refractivity contribution in [3.63, 3.8) is 0 Å². The summed E-state index contributed by atoms with van der Waals surface area (Å²) in [5.41, 5.74) is -1.53. The number of hydrogen-bond acceptors (Lipinski definition) is 14. The van der Waals surface area contributed by atoms with Crippen molar-refractivity contribution in [2.75, 3.05) is 6.61 Å². The number of alkyl halides is 3. The van der Waals surface area contributed by atoms with Gasteiger partial charge in [0.15, 0.2) is 6.23 Å². The Bertz CT molecular complexity index is 2260. The van der Waals surface area contributed by atoms with Gasteiger partial charge in [0.2, 0.25) is 0 Å². The molecule has 300 valence electrons. The maximum Gasteiger partial charge on any atom is 0.484 e. The third kappa shape index (κ3) is 12.2. The van der Waals surface area contributed by atoms with Gasteiger partial charge in [0.1, 0.15) is 17.6 Å². The third-order valence-electron chi connectivity index (χ3n) is 7.38. The molecule has 1 aliphatic rings. The number of aryl methyl sites for hydroxylation is 1. The molecule has 0 saturated heterocycles. The Labute approximate surface area is 315 Å². The van der Waals surface area contributed by atoms with E-state index in [1.54, 1.807) is 0 Å². The number of benzene rings is 3. The van der Waals surface area contributed by atoms with Crippen LogP contribution in [0.25, 0.3) is 0 Å². The zero-order valence-electron chi connectivity index (χ0n) is 29.4. The number of esters is 2. The molecule has 2 unspecified atom stereocenters. The van der Waals surface area contributed by atoms with Gasteiger partial charge in [-0.2, -0.15) is 17.5 Å². The van der Waals surface area contributed by atoms with Crippen molar-refractivity contribution in [1.82, 2.24) is 15.7 Å². The van der Waals surface area contributed by atoms with E-state index in [0.717, 1.165) is 28.8 Å². The zero-order valence-corrected chi connectivity index (χ0v) is 31.2. The van der Waals surface area contributed by atoms with E-state index < -0.39 is 82.7 Å². The molecule has 5 rings (SSSR count). The number of aromatic nitrogens is 2. The molecular formula is C34H34F3N3O14P2. The minimum Gasteiger partial charge on any atom is -0.427 e. The summed E-state index contributed by atoms with van der Waals surface area (Å²) in [5, 5.41) is 0. The van der Waals surface area contributed by atoms with Crippen LogP contribution >= 0.6 is 15.6 Å². The second kappa shape index (κ2) is 18.3. The van der Waals surface area contributed by atoms with Gasteiger partial charge in [-0.05, 0) is 72.7 Å². The van der Waals surface area contributed by atoms with E-state index >= 15 is 0 Å². The van der Waals surface area contributed by atoms with E-state index in [1.807, 2.05) is 0 Å². The molecule has 0 spiro atoms. The lowest BCUT2D eigenvalue weighted by Crippen LogP contribution is -2.33. The van der Waals surface area contributed by atoms with Gasteiger partial charge in [-0.1, -0.05) is 30.3 Å². The number of ether oxygens (including phenoxy) is 3. The molecule has 3 aromatic carbocycles. The molecule has 0 radical (unpaired) electrons. The quantitative estimate of drug-likeness (QED) is 0.0515. The van der Waals surface area contributed by atoms with Gasteiger partial charge in [-0.25, -0.2) is 18.7 Å². The van der Waals surface area contributed by atoms with Crippen molar-refractivity contribution < 1.29 is 68.9 Å². The van der Waals surface area contributed by atoms with E-state index in [1.165, 1.54) is 80.7 Å². The van der Waals surface area contributed by atoms with Gasteiger partial charge in [0.05, 0.1) is 30.9 Å². The first kappa shape index (κ1) is 43.7. The fourth-order valence-corrected chi connectivity index (χ4v) is 7.26. The molecule has 0 amide bonds. The molecule has 0 bridgehead atoms. The van der Waals surface area contributed by atoms with E-state index in [0.29, 0.717) is 5.56 Å². The van der Waals surface area contributed by atoms with Crippen LogP contribution in [0, 0.1) is 6.92 Å². The monoisotopic (exact) mass is 827 g/mol. The van der Waals surface area contributed by atoms with E-state index in [-0.39, 0.29) is 34.3 Å². The Balaban J connectivity index is 0.00000696. The fourth-order valence-electron chi connectivity index (χ4n) is 4.66. The van der Waals surface area contributed by atoms with Crippen LogP contribution in [0.4, 0.5) is 13.2 Å². The number of halogens is 3. The van der Waals surface area contributed by atoms with E-state index in [9.17, 15) is 46.4 Å². The van der Waals surface area contributed by atoms with Crippen LogP contribution < -0.4 is 26.9 Å². The summed E-state index contributed by atoms with van der Waals surface area (Å²) in [6.07, 6.45) is -2.41. The molecule has 5 N–H and O–H groups in total. The van der Waals surface area contributed by atoms with Crippen LogP contribution in [0.2, 0.25) is 0 Å². The summed E-state index contributed by atoms with van der Waals surface area (Å²) in [7, 11) is -10.2. The highest BCUT2D eigenvalue weighted by Gasteiger charge is 2.39. The Kier molecular flexibility index (Phi) is 14.3. The first-order valence-electron chi connectivity index (χ1n) is 15.9. The summed E-state index contributed by atoms with van der Waals surface area (Å²) in [5.74, 6) is -1.28. The molecule has 4 atom stereocenters. The molecule has 4 aromatic rings. The average molecular weight is 828 g/mol. The second-order valence-electron chi connectivity index (χ2n) is 11.6. The number of phosphoric ester groups is 2. The fraction of sp³-hybridized carbons (Fsp3) is 0.235. The van der Waals surface area contributed by atoms with Crippen LogP contribution in [-0.4, -0.2) is 39.1 Å². The predicted molar refractivity (Wildman–Crippen MR) is 189 cm³/mol. The number of H-pyrrole nitrogens is 1. The van der Waals surface area contributed by atoms with Crippen molar-refractivity contribution in [2.24, 2.45) is 0 Å². The number of nitrogens with zero attached hydrogens (tertiary/aromatic N) is 1. The smallest absolute Gasteiger partial charge is 0.427 e. The molecule has 1 aromatic heterocycles. The third-order valence-corrected chi connectivity index (χ3v) is 10.4. The maximum absolute atomic E-state index is 13.8. The van der Waals surface area contributed by atoms with Gasteiger partial charge < -0.3 is 25.3 Å². The highest BCUT2D eigenvalue weighted by atomic mass is 31.3. The topological polar surface area (TPSA) is 243 Å². The SMILES string of the molecule is CC(=O)Oc1ccc(COP(=O)(OCc2ccc(OC(=O)c3ccc(C(F)(F)F)cc3)cc2)OP(=O)(O)OC[C@@H]2C=C[C@H](n3cc(C)c(=O)[nH]c3=O)O2)cc1.N. The highest BCUT2D eigenvalue weighted by Crippen LogP contribution is 2.64. The Hall–Kier alpha value is -5.01.